The Morgan fingerprint density at radius 3 is 3.08 bits per heavy atom. The van der Waals surface area contributed by atoms with E-state index in [-0.39, 0.29) is 0 Å². The number of thiophene rings is 1. The van der Waals surface area contributed by atoms with E-state index in [1.54, 1.807) is 11.3 Å². The normalized spacial score (nSPS) is 18.1. The molecule has 0 amide bonds. The molecule has 1 aromatic rings. The molecule has 1 atom stereocenters. The van der Waals surface area contributed by atoms with Gasteiger partial charge in [0.05, 0.1) is 17.0 Å². The number of aliphatic imine (C=N–C) groups is 1. The van der Waals surface area contributed by atoms with E-state index in [1.165, 1.54) is 8.66 Å². The average Bonchev–Trinajstić information content (AvgIpc) is 3.22. The third-order valence-electron chi connectivity index (χ3n) is 3.73. The summed E-state index contributed by atoms with van der Waals surface area (Å²) in [5.74, 6) is 1.47. The van der Waals surface area contributed by atoms with E-state index in [0.717, 1.165) is 71.3 Å². The molecule has 2 heterocycles. The fourth-order valence-corrected chi connectivity index (χ4v) is 3.94. The van der Waals surface area contributed by atoms with Crippen molar-refractivity contribution in [2.24, 2.45) is 10.9 Å². The van der Waals surface area contributed by atoms with Crippen molar-refractivity contribution in [3.8, 4) is 0 Å². The Hall–Kier alpha value is -0.630. The van der Waals surface area contributed by atoms with Crippen LogP contribution >= 0.6 is 27.3 Å². The van der Waals surface area contributed by atoms with Crippen molar-refractivity contribution < 1.29 is 9.47 Å². The fraction of sp³-hybridized carbons (Fsp3) is 0.706. The van der Waals surface area contributed by atoms with Crippen LogP contribution in [0.25, 0.3) is 0 Å². The minimum absolute atomic E-state index is 0.588. The summed E-state index contributed by atoms with van der Waals surface area (Å²) in [6.07, 6.45) is 3.09. The lowest BCUT2D eigenvalue weighted by Gasteiger charge is -2.11. The van der Waals surface area contributed by atoms with E-state index in [4.69, 9.17) is 9.47 Å². The molecule has 1 aliphatic heterocycles. The zero-order valence-electron chi connectivity index (χ0n) is 14.4. The number of ether oxygens (including phenoxy) is 2. The Balaban J connectivity index is 1.57. The number of hydrogen-bond donors (Lipinski definition) is 2. The van der Waals surface area contributed by atoms with Crippen molar-refractivity contribution >= 4 is 33.2 Å². The van der Waals surface area contributed by atoms with Gasteiger partial charge in [-0.3, -0.25) is 4.99 Å². The Kier molecular flexibility index (Phi) is 9.72. The molecule has 1 aromatic heterocycles. The maximum Gasteiger partial charge on any atom is 0.191 e. The first-order valence-corrected chi connectivity index (χ1v) is 10.3. The van der Waals surface area contributed by atoms with Gasteiger partial charge in [-0.25, -0.2) is 0 Å². The van der Waals surface area contributed by atoms with Crippen molar-refractivity contribution in [2.45, 2.75) is 26.2 Å². The number of halogens is 1. The molecule has 1 unspecified atom stereocenters. The molecule has 24 heavy (non-hydrogen) atoms. The lowest BCUT2D eigenvalue weighted by molar-refractivity contribution is 0.0893. The number of rotatable bonds is 10. The smallest absolute Gasteiger partial charge is 0.191 e. The first-order valence-electron chi connectivity index (χ1n) is 8.69. The van der Waals surface area contributed by atoms with Gasteiger partial charge in [0.1, 0.15) is 0 Å². The maximum absolute atomic E-state index is 5.71. The zero-order chi connectivity index (χ0) is 17.0. The van der Waals surface area contributed by atoms with Crippen LogP contribution in [0.4, 0.5) is 0 Å². The highest BCUT2D eigenvalue weighted by atomic mass is 79.9. The Morgan fingerprint density at radius 2 is 2.38 bits per heavy atom. The molecule has 1 saturated heterocycles. The van der Waals surface area contributed by atoms with Gasteiger partial charge in [-0.05, 0) is 54.2 Å². The number of guanidine groups is 1. The summed E-state index contributed by atoms with van der Waals surface area (Å²) >= 11 is 5.28. The molecule has 0 aromatic carbocycles. The highest BCUT2D eigenvalue weighted by molar-refractivity contribution is 9.11. The van der Waals surface area contributed by atoms with Crippen LogP contribution in [-0.4, -0.2) is 52.0 Å². The van der Waals surface area contributed by atoms with Crippen LogP contribution in [0.3, 0.4) is 0 Å². The quantitative estimate of drug-likeness (QED) is 0.349. The van der Waals surface area contributed by atoms with E-state index in [0.29, 0.717) is 5.92 Å². The van der Waals surface area contributed by atoms with Crippen LogP contribution in [-0.2, 0) is 15.9 Å². The molecule has 2 rings (SSSR count). The summed E-state index contributed by atoms with van der Waals surface area (Å²) in [5.41, 5.74) is 0. The predicted molar refractivity (Wildman–Crippen MR) is 104 cm³/mol. The van der Waals surface area contributed by atoms with Crippen molar-refractivity contribution in [3.63, 3.8) is 0 Å². The summed E-state index contributed by atoms with van der Waals surface area (Å²) in [5, 5.41) is 6.67. The second kappa shape index (κ2) is 11.8. The summed E-state index contributed by atoms with van der Waals surface area (Å²) in [7, 11) is 0. The third kappa shape index (κ3) is 7.96. The molecule has 0 spiro atoms. The van der Waals surface area contributed by atoms with Gasteiger partial charge in [-0.15, -0.1) is 11.3 Å². The highest BCUT2D eigenvalue weighted by Gasteiger charge is 2.15. The second-order valence-electron chi connectivity index (χ2n) is 5.80. The molecule has 0 saturated carbocycles. The van der Waals surface area contributed by atoms with Crippen molar-refractivity contribution in [1.82, 2.24) is 10.6 Å². The van der Waals surface area contributed by atoms with Crippen LogP contribution in [0, 0.1) is 5.92 Å². The molecular formula is C17H28BrN3O2S. The molecule has 2 N–H and O–H groups in total. The molecule has 1 fully saturated rings. The predicted octanol–water partition coefficient (Wildman–Crippen LogP) is 3.05. The van der Waals surface area contributed by atoms with Gasteiger partial charge in [0.25, 0.3) is 0 Å². The van der Waals surface area contributed by atoms with Crippen LogP contribution < -0.4 is 10.6 Å². The molecule has 0 radical (unpaired) electrons. The number of nitrogens with one attached hydrogen (secondary N) is 2. The van der Waals surface area contributed by atoms with Gasteiger partial charge in [0.15, 0.2) is 5.96 Å². The molecule has 0 aliphatic carbocycles. The van der Waals surface area contributed by atoms with E-state index >= 15 is 0 Å². The minimum Gasteiger partial charge on any atom is -0.381 e. The molecule has 5 nitrogen and oxygen atoms in total. The molecular weight excluding hydrogens is 390 g/mol. The van der Waals surface area contributed by atoms with E-state index in [2.05, 4.69) is 50.6 Å². The maximum atomic E-state index is 5.71. The van der Waals surface area contributed by atoms with Gasteiger partial charge in [0, 0.05) is 43.6 Å². The standard InChI is InChI=1S/C17H28BrN3O2S/c1-2-19-17(21-9-6-15-4-5-16(18)24-15)20-8-3-10-22-12-14-7-11-23-13-14/h4-5,14H,2-3,6-13H2,1H3,(H2,19,20,21). The van der Waals surface area contributed by atoms with Gasteiger partial charge in [-0.2, -0.15) is 0 Å². The Labute approximate surface area is 157 Å². The van der Waals surface area contributed by atoms with Crippen molar-refractivity contribution in [1.29, 1.82) is 0 Å². The van der Waals surface area contributed by atoms with Gasteiger partial charge in [0.2, 0.25) is 0 Å². The van der Waals surface area contributed by atoms with Crippen molar-refractivity contribution in [3.05, 3.63) is 20.8 Å². The van der Waals surface area contributed by atoms with Crippen LogP contribution in [0.15, 0.2) is 20.9 Å². The van der Waals surface area contributed by atoms with Crippen LogP contribution in [0.2, 0.25) is 0 Å². The zero-order valence-corrected chi connectivity index (χ0v) is 16.8. The topological polar surface area (TPSA) is 54.9 Å². The summed E-state index contributed by atoms with van der Waals surface area (Å²) in [6, 6.07) is 4.25. The Bertz CT molecular complexity index is 490. The summed E-state index contributed by atoms with van der Waals surface area (Å²) in [6.45, 7) is 7.94. The number of hydrogen-bond acceptors (Lipinski definition) is 4. The highest BCUT2D eigenvalue weighted by Crippen LogP contribution is 2.22. The average molecular weight is 418 g/mol. The minimum atomic E-state index is 0.588. The first kappa shape index (κ1) is 19.7. The first-order chi connectivity index (χ1) is 11.8. The lowest BCUT2D eigenvalue weighted by Crippen LogP contribution is -2.38. The molecule has 7 heteroatoms. The van der Waals surface area contributed by atoms with E-state index in [1.807, 2.05) is 0 Å². The van der Waals surface area contributed by atoms with Crippen molar-refractivity contribution in [2.75, 3.05) is 46.1 Å². The second-order valence-corrected chi connectivity index (χ2v) is 8.35. The number of nitrogens with zero attached hydrogens (tertiary/aromatic N) is 1. The molecule has 1 aliphatic rings. The third-order valence-corrected chi connectivity index (χ3v) is 5.41. The Morgan fingerprint density at radius 1 is 1.46 bits per heavy atom. The SMILES string of the molecule is CCNC(=NCCCOCC1CCOC1)NCCc1ccc(Br)s1. The van der Waals surface area contributed by atoms with Gasteiger partial charge < -0.3 is 20.1 Å². The summed E-state index contributed by atoms with van der Waals surface area (Å²) in [4.78, 5) is 5.97. The fourth-order valence-electron chi connectivity index (χ4n) is 2.45. The van der Waals surface area contributed by atoms with E-state index < -0.39 is 0 Å². The summed E-state index contributed by atoms with van der Waals surface area (Å²) < 4.78 is 12.2. The van der Waals surface area contributed by atoms with Crippen LogP contribution in [0.1, 0.15) is 24.6 Å². The van der Waals surface area contributed by atoms with Crippen LogP contribution in [0.5, 0.6) is 0 Å². The monoisotopic (exact) mass is 417 g/mol. The lowest BCUT2D eigenvalue weighted by atomic mass is 10.1. The largest absolute Gasteiger partial charge is 0.381 e. The molecule has 136 valence electrons. The molecule has 0 bridgehead atoms. The van der Waals surface area contributed by atoms with Gasteiger partial charge in [-0.1, -0.05) is 0 Å². The van der Waals surface area contributed by atoms with Gasteiger partial charge >= 0.3 is 0 Å². The van der Waals surface area contributed by atoms with E-state index in [9.17, 15) is 0 Å².